The molecule has 3 rings (SSSR count). The zero-order valence-electron chi connectivity index (χ0n) is 13.4. The van der Waals surface area contributed by atoms with Gasteiger partial charge in [0.25, 0.3) is 10.0 Å². The highest BCUT2D eigenvalue weighted by Crippen LogP contribution is 2.37. The highest BCUT2D eigenvalue weighted by molar-refractivity contribution is 7.92. The third-order valence-electron chi connectivity index (χ3n) is 3.92. The molecule has 1 aliphatic heterocycles. The molecule has 0 atom stereocenters. The van der Waals surface area contributed by atoms with E-state index in [1.54, 1.807) is 27.8 Å². The molecule has 0 radical (unpaired) electrons. The first-order chi connectivity index (χ1) is 10.7. The molecule has 0 amide bonds. The Morgan fingerprint density at radius 1 is 1.22 bits per heavy atom. The second-order valence-electron chi connectivity index (χ2n) is 5.66. The van der Waals surface area contributed by atoms with Gasteiger partial charge in [0.1, 0.15) is 18.1 Å². The highest BCUT2D eigenvalue weighted by atomic mass is 32.2. The van der Waals surface area contributed by atoms with Crippen molar-refractivity contribution in [2.24, 2.45) is 7.05 Å². The van der Waals surface area contributed by atoms with Crippen molar-refractivity contribution in [3.63, 3.8) is 0 Å². The molecular weight excluding hydrogens is 321 g/mol. The third-order valence-corrected chi connectivity index (χ3v) is 5.70. The minimum absolute atomic E-state index is 0.0741. The number of benzene rings is 1. The van der Waals surface area contributed by atoms with E-state index in [4.69, 9.17) is 4.74 Å². The monoisotopic (exact) mass is 339 g/mol. The number of rotatable bonds is 2. The van der Waals surface area contributed by atoms with E-state index in [1.807, 2.05) is 0 Å². The van der Waals surface area contributed by atoms with E-state index >= 15 is 0 Å². The summed E-state index contributed by atoms with van der Waals surface area (Å²) in [6.45, 7) is 5.28. The van der Waals surface area contributed by atoms with Gasteiger partial charge in [0.2, 0.25) is 5.88 Å². The highest BCUT2D eigenvalue weighted by Gasteiger charge is 2.34. The van der Waals surface area contributed by atoms with Crippen LogP contribution in [0.3, 0.4) is 0 Å². The van der Waals surface area contributed by atoms with Crippen LogP contribution in [0.1, 0.15) is 16.8 Å². The first-order valence-electron chi connectivity index (χ1n) is 7.19. The zero-order chi connectivity index (χ0) is 16.9. The number of hydrogen-bond acceptors (Lipinski definition) is 4. The Hall–Kier alpha value is -2.09. The first kappa shape index (κ1) is 15.8. The van der Waals surface area contributed by atoms with Crippen LogP contribution in [0.5, 0.6) is 5.88 Å². The summed E-state index contributed by atoms with van der Waals surface area (Å²) in [5.41, 5.74) is 1.62. The van der Waals surface area contributed by atoms with E-state index in [2.05, 4.69) is 5.10 Å². The summed E-state index contributed by atoms with van der Waals surface area (Å²) in [7, 11) is -2.11. The molecular formula is C15H18FN3O3S. The molecule has 23 heavy (non-hydrogen) atoms. The van der Waals surface area contributed by atoms with Crippen molar-refractivity contribution in [1.82, 2.24) is 9.78 Å². The van der Waals surface area contributed by atoms with E-state index in [-0.39, 0.29) is 23.9 Å². The zero-order valence-corrected chi connectivity index (χ0v) is 14.2. The smallest absolute Gasteiger partial charge is 0.264 e. The summed E-state index contributed by atoms with van der Waals surface area (Å²) in [6.07, 6.45) is 0. The number of sulfonamides is 1. The standard InChI is InChI=1S/C15H18FN3O3S/c1-9-7-12(8-10(2)13(9)16)23(20,21)19-5-6-22-15-14(19)11(3)17-18(15)4/h7-8H,5-6H2,1-4H3. The number of fused-ring (bicyclic) bond motifs is 1. The van der Waals surface area contributed by atoms with Crippen LogP contribution in [0.15, 0.2) is 17.0 Å². The molecule has 0 spiro atoms. The van der Waals surface area contributed by atoms with Crippen molar-refractivity contribution in [3.05, 3.63) is 34.8 Å². The molecule has 1 aromatic carbocycles. The van der Waals surface area contributed by atoms with Crippen LogP contribution in [0.4, 0.5) is 10.1 Å². The lowest BCUT2D eigenvalue weighted by molar-refractivity contribution is 0.288. The van der Waals surface area contributed by atoms with Gasteiger partial charge in [0.15, 0.2) is 0 Å². The largest absolute Gasteiger partial charge is 0.474 e. The van der Waals surface area contributed by atoms with Gasteiger partial charge in [0.05, 0.1) is 17.1 Å². The maximum atomic E-state index is 13.8. The maximum absolute atomic E-state index is 13.8. The van der Waals surface area contributed by atoms with Gasteiger partial charge in [-0.25, -0.2) is 17.5 Å². The predicted octanol–water partition coefficient (Wildman–Crippen LogP) is 2.07. The second-order valence-corrected chi connectivity index (χ2v) is 7.52. The van der Waals surface area contributed by atoms with Crippen LogP contribution in [0.25, 0.3) is 0 Å². The van der Waals surface area contributed by atoms with E-state index in [0.717, 1.165) is 0 Å². The van der Waals surface area contributed by atoms with E-state index in [1.165, 1.54) is 21.1 Å². The molecule has 8 heteroatoms. The summed E-state index contributed by atoms with van der Waals surface area (Å²) < 4.78 is 48.2. The molecule has 2 heterocycles. The topological polar surface area (TPSA) is 64.4 Å². The molecule has 0 aliphatic carbocycles. The van der Waals surface area contributed by atoms with Crippen molar-refractivity contribution < 1.29 is 17.5 Å². The molecule has 0 bridgehead atoms. The summed E-state index contributed by atoms with van der Waals surface area (Å²) in [4.78, 5) is 0.0741. The van der Waals surface area contributed by atoms with E-state index in [0.29, 0.717) is 28.4 Å². The Bertz CT molecular complexity index is 867. The molecule has 0 unspecified atom stereocenters. The number of ether oxygens (including phenoxy) is 1. The summed E-state index contributed by atoms with van der Waals surface area (Å²) in [5, 5.41) is 4.22. The van der Waals surface area contributed by atoms with Gasteiger partial charge in [-0.2, -0.15) is 5.10 Å². The fourth-order valence-electron chi connectivity index (χ4n) is 2.83. The first-order valence-corrected chi connectivity index (χ1v) is 8.63. The van der Waals surface area contributed by atoms with Crippen LogP contribution in [-0.4, -0.2) is 31.3 Å². The SMILES string of the molecule is Cc1cc(S(=O)(=O)N2CCOc3c2c(C)nn3C)cc(C)c1F. The summed E-state index contributed by atoms with van der Waals surface area (Å²) in [6, 6.07) is 2.72. The minimum Gasteiger partial charge on any atom is -0.474 e. The Kier molecular flexibility index (Phi) is 3.59. The lowest BCUT2D eigenvalue weighted by Crippen LogP contribution is -2.38. The van der Waals surface area contributed by atoms with Gasteiger partial charge in [0, 0.05) is 7.05 Å². The van der Waals surface area contributed by atoms with Crippen molar-refractivity contribution in [3.8, 4) is 5.88 Å². The summed E-state index contributed by atoms with van der Waals surface area (Å²) in [5.74, 6) is 0.0389. The van der Waals surface area contributed by atoms with Gasteiger partial charge < -0.3 is 4.74 Å². The Balaban J connectivity index is 2.16. The molecule has 124 valence electrons. The second kappa shape index (κ2) is 5.23. The van der Waals surface area contributed by atoms with Crippen LogP contribution < -0.4 is 9.04 Å². The van der Waals surface area contributed by atoms with Gasteiger partial charge in [-0.1, -0.05) is 0 Å². The fourth-order valence-corrected chi connectivity index (χ4v) is 4.51. The molecule has 0 saturated carbocycles. The van der Waals surface area contributed by atoms with Crippen LogP contribution in [-0.2, 0) is 17.1 Å². The van der Waals surface area contributed by atoms with Gasteiger partial charge in [-0.05, 0) is 44.0 Å². The quantitative estimate of drug-likeness (QED) is 0.840. The normalized spacial score (nSPS) is 14.6. The maximum Gasteiger partial charge on any atom is 0.264 e. The average Bonchev–Trinajstić information content (AvgIpc) is 2.79. The molecule has 1 aromatic heterocycles. The minimum atomic E-state index is -3.81. The van der Waals surface area contributed by atoms with Crippen LogP contribution in [0.2, 0.25) is 0 Å². The molecule has 0 saturated heterocycles. The Morgan fingerprint density at radius 2 is 1.83 bits per heavy atom. The van der Waals surface area contributed by atoms with E-state index in [9.17, 15) is 12.8 Å². The molecule has 6 nitrogen and oxygen atoms in total. The van der Waals surface area contributed by atoms with Crippen LogP contribution >= 0.6 is 0 Å². The van der Waals surface area contributed by atoms with Crippen LogP contribution in [0, 0.1) is 26.6 Å². The van der Waals surface area contributed by atoms with Gasteiger partial charge >= 0.3 is 0 Å². The third kappa shape index (κ3) is 2.37. The Morgan fingerprint density at radius 3 is 2.43 bits per heavy atom. The van der Waals surface area contributed by atoms with Crippen molar-refractivity contribution in [1.29, 1.82) is 0 Å². The lowest BCUT2D eigenvalue weighted by atomic mass is 10.1. The lowest BCUT2D eigenvalue weighted by Gasteiger charge is -2.29. The Labute approximate surface area is 134 Å². The number of anilines is 1. The molecule has 0 N–H and O–H groups in total. The van der Waals surface area contributed by atoms with Crippen molar-refractivity contribution in [2.75, 3.05) is 17.5 Å². The molecule has 2 aromatic rings. The predicted molar refractivity (Wildman–Crippen MR) is 83.8 cm³/mol. The number of nitrogens with zero attached hydrogens (tertiary/aromatic N) is 3. The van der Waals surface area contributed by atoms with Gasteiger partial charge in [-0.15, -0.1) is 0 Å². The van der Waals surface area contributed by atoms with Gasteiger partial charge in [-0.3, -0.25) is 4.31 Å². The number of aryl methyl sites for hydroxylation is 4. The average molecular weight is 339 g/mol. The molecule has 0 fully saturated rings. The molecule has 1 aliphatic rings. The number of aromatic nitrogens is 2. The van der Waals surface area contributed by atoms with Crippen molar-refractivity contribution >= 4 is 15.7 Å². The van der Waals surface area contributed by atoms with Crippen molar-refractivity contribution in [2.45, 2.75) is 25.7 Å². The summed E-state index contributed by atoms with van der Waals surface area (Å²) >= 11 is 0. The fraction of sp³-hybridized carbons (Fsp3) is 0.400. The van der Waals surface area contributed by atoms with E-state index < -0.39 is 10.0 Å². The number of hydrogen-bond donors (Lipinski definition) is 0. The number of halogens is 1.